The molecule has 1 atom stereocenters. The minimum Gasteiger partial charge on any atom is -0.396 e. The quantitative estimate of drug-likeness (QED) is 0.775. The van der Waals surface area contributed by atoms with Crippen molar-refractivity contribution in [3.05, 3.63) is 35.9 Å². The zero-order valence-electron chi connectivity index (χ0n) is 13.6. The highest BCUT2D eigenvalue weighted by Gasteiger charge is 2.27. The van der Waals surface area contributed by atoms with Crippen molar-refractivity contribution < 1.29 is 5.11 Å². The summed E-state index contributed by atoms with van der Waals surface area (Å²) in [6.07, 6.45) is 7.31. The van der Waals surface area contributed by atoms with E-state index in [1.165, 1.54) is 50.9 Å². The monoisotopic (exact) mass is 302 g/mol. The molecule has 3 rings (SSSR count). The smallest absolute Gasteiger partial charge is 0.0431 e. The van der Waals surface area contributed by atoms with Crippen molar-refractivity contribution in [3.8, 4) is 0 Å². The molecule has 1 saturated heterocycles. The van der Waals surface area contributed by atoms with Crippen molar-refractivity contribution in [1.82, 2.24) is 10.2 Å². The third-order valence-electron chi connectivity index (χ3n) is 5.09. The Hall–Kier alpha value is -0.900. The maximum Gasteiger partial charge on any atom is 0.0431 e. The van der Waals surface area contributed by atoms with Gasteiger partial charge in [-0.25, -0.2) is 0 Å². The molecule has 1 aliphatic carbocycles. The van der Waals surface area contributed by atoms with Gasteiger partial charge in [-0.2, -0.15) is 0 Å². The van der Waals surface area contributed by atoms with Gasteiger partial charge in [0.2, 0.25) is 0 Å². The summed E-state index contributed by atoms with van der Waals surface area (Å²) in [5.41, 5.74) is 1.36. The highest BCUT2D eigenvalue weighted by molar-refractivity contribution is 5.19. The van der Waals surface area contributed by atoms with Crippen molar-refractivity contribution in [2.24, 2.45) is 5.92 Å². The predicted molar refractivity (Wildman–Crippen MR) is 90.8 cm³/mol. The average molecular weight is 302 g/mol. The lowest BCUT2D eigenvalue weighted by Crippen LogP contribution is -2.44. The fourth-order valence-electron chi connectivity index (χ4n) is 3.56. The molecule has 0 amide bonds. The van der Waals surface area contributed by atoms with Crippen LogP contribution in [0, 0.1) is 5.92 Å². The summed E-state index contributed by atoms with van der Waals surface area (Å²) in [4.78, 5) is 2.65. The van der Waals surface area contributed by atoms with Gasteiger partial charge < -0.3 is 15.3 Å². The van der Waals surface area contributed by atoms with Crippen LogP contribution in [0.3, 0.4) is 0 Å². The first kappa shape index (κ1) is 16.0. The van der Waals surface area contributed by atoms with E-state index in [9.17, 15) is 0 Å². The number of hydrogen-bond acceptors (Lipinski definition) is 3. The molecule has 1 unspecified atom stereocenters. The van der Waals surface area contributed by atoms with Crippen LogP contribution in [0.5, 0.6) is 0 Å². The average Bonchev–Trinajstić information content (AvgIpc) is 3.38. The van der Waals surface area contributed by atoms with Crippen LogP contribution in [0.15, 0.2) is 30.3 Å². The molecule has 1 aliphatic heterocycles. The summed E-state index contributed by atoms with van der Waals surface area (Å²) < 4.78 is 0. The Morgan fingerprint density at radius 3 is 2.45 bits per heavy atom. The van der Waals surface area contributed by atoms with Crippen LogP contribution < -0.4 is 5.32 Å². The molecule has 2 N–H and O–H groups in total. The third kappa shape index (κ3) is 4.80. The van der Waals surface area contributed by atoms with Crippen molar-refractivity contribution >= 4 is 0 Å². The fourth-order valence-corrected chi connectivity index (χ4v) is 3.56. The molecule has 2 aliphatic rings. The minimum absolute atomic E-state index is 0.283. The molecular formula is C19H30N2O. The van der Waals surface area contributed by atoms with Gasteiger partial charge in [-0.3, -0.25) is 0 Å². The van der Waals surface area contributed by atoms with Crippen molar-refractivity contribution in [3.63, 3.8) is 0 Å². The number of rotatable bonds is 8. The van der Waals surface area contributed by atoms with Gasteiger partial charge in [-0.15, -0.1) is 0 Å². The Morgan fingerprint density at radius 2 is 1.82 bits per heavy atom. The first-order valence-electron chi connectivity index (χ1n) is 8.99. The van der Waals surface area contributed by atoms with Crippen LogP contribution in [0.4, 0.5) is 0 Å². The highest BCUT2D eigenvalue weighted by atomic mass is 16.2. The predicted octanol–water partition coefficient (Wildman–Crippen LogP) is 2.96. The maximum atomic E-state index is 9.16. The van der Waals surface area contributed by atoms with E-state index in [0.717, 1.165) is 18.8 Å². The summed E-state index contributed by atoms with van der Waals surface area (Å²) >= 11 is 0. The molecule has 3 heteroatoms. The summed E-state index contributed by atoms with van der Waals surface area (Å²) in [7, 11) is 0. The number of likely N-dealkylation sites (tertiary alicyclic amines) is 1. The normalized spacial score (nSPS) is 21.9. The molecule has 0 spiro atoms. The largest absolute Gasteiger partial charge is 0.396 e. The molecule has 0 bridgehead atoms. The zero-order chi connectivity index (χ0) is 15.2. The van der Waals surface area contributed by atoms with Crippen molar-refractivity contribution in [2.75, 3.05) is 26.2 Å². The van der Waals surface area contributed by atoms with Crippen LogP contribution in [0.2, 0.25) is 0 Å². The third-order valence-corrected chi connectivity index (χ3v) is 5.09. The van der Waals surface area contributed by atoms with Gasteiger partial charge in [-0.1, -0.05) is 30.3 Å². The second-order valence-electron chi connectivity index (χ2n) is 7.01. The van der Waals surface area contributed by atoms with Gasteiger partial charge in [0.25, 0.3) is 0 Å². The van der Waals surface area contributed by atoms with Crippen LogP contribution in [-0.4, -0.2) is 42.3 Å². The molecule has 3 nitrogen and oxygen atoms in total. The SMILES string of the molecule is OCCCC(NC1CCN(CC2CC2)CC1)c1ccccc1. The molecule has 0 radical (unpaired) electrons. The molecule has 122 valence electrons. The van der Waals surface area contributed by atoms with Gasteiger partial charge in [-0.05, 0) is 63.1 Å². The number of hydrogen-bond donors (Lipinski definition) is 2. The number of nitrogens with zero attached hydrogens (tertiary/aromatic N) is 1. The Bertz CT molecular complexity index is 424. The molecule has 1 heterocycles. The van der Waals surface area contributed by atoms with Crippen LogP contribution in [-0.2, 0) is 0 Å². The van der Waals surface area contributed by atoms with Gasteiger partial charge in [0.05, 0.1) is 0 Å². The summed E-state index contributed by atoms with van der Waals surface area (Å²) in [5, 5.41) is 13.0. The van der Waals surface area contributed by atoms with E-state index < -0.39 is 0 Å². The van der Waals surface area contributed by atoms with E-state index in [1.54, 1.807) is 0 Å². The van der Waals surface area contributed by atoms with Crippen molar-refractivity contribution in [2.45, 2.75) is 50.6 Å². The first-order valence-corrected chi connectivity index (χ1v) is 8.99. The van der Waals surface area contributed by atoms with Crippen LogP contribution in [0.1, 0.15) is 50.1 Å². The van der Waals surface area contributed by atoms with E-state index in [1.807, 2.05) is 0 Å². The number of aliphatic hydroxyl groups is 1. The lowest BCUT2D eigenvalue weighted by molar-refractivity contribution is 0.181. The molecular weight excluding hydrogens is 272 g/mol. The maximum absolute atomic E-state index is 9.16. The second-order valence-corrected chi connectivity index (χ2v) is 7.01. The Labute approximate surface area is 134 Å². The summed E-state index contributed by atoms with van der Waals surface area (Å²) in [5.74, 6) is 1.01. The van der Waals surface area contributed by atoms with E-state index in [4.69, 9.17) is 5.11 Å². The van der Waals surface area contributed by atoms with Crippen molar-refractivity contribution in [1.29, 1.82) is 0 Å². The number of benzene rings is 1. The molecule has 22 heavy (non-hydrogen) atoms. The van der Waals surface area contributed by atoms with Gasteiger partial charge >= 0.3 is 0 Å². The number of aliphatic hydroxyl groups excluding tert-OH is 1. The topological polar surface area (TPSA) is 35.5 Å². The zero-order valence-corrected chi connectivity index (χ0v) is 13.6. The lowest BCUT2D eigenvalue weighted by Gasteiger charge is -2.35. The molecule has 0 aromatic heterocycles. The second kappa shape index (κ2) is 8.09. The number of nitrogens with one attached hydrogen (secondary N) is 1. The highest BCUT2D eigenvalue weighted by Crippen LogP contribution is 2.30. The van der Waals surface area contributed by atoms with Crippen LogP contribution >= 0.6 is 0 Å². The Balaban J connectivity index is 1.50. The number of piperidine rings is 1. The molecule has 1 aromatic rings. The lowest BCUT2D eigenvalue weighted by atomic mass is 9.98. The van der Waals surface area contributed by atoms with E-state index in [-0.39, 0.29) is 6.61 Å². The Kier molecular flexibility index (Phi) is 5.88. The van der Waals surface area contributed by atoms with Gasteiger partial charge in [0.1, 0.15) is 0 Å². The van der Waals surface area contributed by atoms with E-state index in [2.05, 4.69) is 40.5 Å². The first-order chi connectivity index (χ1) is 10.8. The standard InChI is InChI=1S/C19H30N2O/c22-14-4-7-19(17-5-2-1-3-6-17)20-18-10-12-21(13-11-18)15-16-8-9-16/h1-3,5-6,16,18-20,22H,4,7-15H2. The van der Waals surface area contributed by atoms with Gasteiger partial charge in [0.15, 0.2) is 0 Å². The Morgan fingerprint density at radius 1 is 1.09 bits per heavy atom. The molecule has 1 saturated carbocycles. The van der Waals surface area contributed by atoms with E-state index in [0.29, 0.717) is 12.1 Å². The van der Waals surface area contributed by atoms with Gasteiger partial charge in [0, 0.05) is 25.2 Å². The van der Waals surface area contributed by atoms with Crippen LogP contribution in [0.25, 0.3) is 0 Å². The molecule has 2 fully saturated rings. The minimum atomic E-state index is 0.283. The summed E-state index contributed by atoms with van der Waals surface area (Å²) in [6.45, 7) is 4.11. The van der Waals surface area contributed by atoms with E-state index >= 15 is 0 Å². The fraction of sp³-hybridized carbons (Fsp3) is 0.684. The molecule has 1 aromatic carbocycles. The summed E-state index contributed by atoms with van der Waals surface area (Å²) in [6, 6.07) is 11.7.